The Labute approximate surface area is 126 Å². The van der Waals surface area contributed by atoms with Crippen molar-refractivity contribution in [1.82, 2.24) is 14.8 Å². The predicted octanol–water partition coefficient (Wildman–Crippen LogP) is 3.18. The Kier molecular flexibility index (Phi) is 3.35. The molecule has 2 heterocycles. The first-order valence-electron chi connectivity index (χ1n) is 6.41. The fourth-order valence-corrected chi connectivity index (χ4v) is 2.37. The lowest BCUT2D eigenvalue weighted by Crippen LogP contribution is -2.14. The minimum Gasteiger partial charge on any atom is -0.318 e. The molecule has 0 fully saturated rings. The van der Waals surface area contributed by atoms with Gasteiger partial charge in [-0.15, -0.1) is 0 Å². The van der Waals surface area contributed by atoms with Gasteiger partial charge in [-0.1, -0.05) is 29.8 Å². The lowest BCUT2D eigenvalue weighted by molar-refractivity contribution is 0.102. The van der Waals surface area contributed by atoms with E-state index in [9.17, 15) is 4.79 Å². The number of carbonyl (C=O) groups excluding carboxylic acids is 1. The summed E-state index contributed by atoms with van der Waals surface area (Å²) in [5.41, 5.74) is 2.36. The van der Waals surface area contributed by atoms with Gasteiger partial charge in [0.05, 0.1) is 21.9 Å². The number of aromatic nitrogens is 3. The van der Waals surface area contributed by atoms with Gasteiger partial charge in [0, 0.05) is 18.6 Å². The molecule has 21 heavy (non-hydrogen) atoms. The molecule has 0 unspecified atom stereocenters. The van der Waals surface area contributed by atoms with E-state index in [2.05, 4.69) is 15.4 Å². The van der Waals surface area contributed by atoms with Crippen LogP contribution in [0.4, 0.5) is 5.69 Å². The molecule has 6 heteroatoms. The molecule has 0 saturated heterocycles. The van der Waals surface area contributed by atoms with E-state index in [-0.39, 0.29) is 5.91 Å². The highest BCUT2D eigenvalue weighted by molar-refractivity contribution is 6.35. The van der Waals surface area contributed by atoms with E-state index in [1.165, 1.54) is 0 Å². The maximum atomic E-state index is 12.3. The van der Waals surface area contributed by atoms with Crippen molar-refractivity contribution in [2.45, 2.75) is 6.92 Å². The van der Waals surface area contributed by atoms with Gasteiger partial charge < -0.3 is 5.32 Å². The minimum absolute atomic E-state index is 0.284. The van der Waals surface area contributed by atoms with Crippen LogP contribution < -0.4 is 5.32 Å². The van der Waals surface area contributed by atoms with Gasteiger partial charge in [0.2, 0.25) is 0 Å². The maximum Gasteiger partial charge on any atom is 0.274 e. The minimum atomic E-state index is -0.284. The predicted molar refractivity (Wildman–Crippen MR) is 82.7 cm³/mol. The Hall–Kier alpha value is -2.40. The van der Waals surface area contributed by atoms with E-state index in [4.69, 9.17) is 11.6 Å². The monoisotopic (exact) mass is 300 g/mol. The molecule has 0 aliphatic carbocycles. The van der Waals surface area contributed by atoms with Gasteiger partial charge in [-0.05, 0) is 19.1 Å². The molecule has 5 nitrogen and oxygen atoms in total. The largest absolute Gasteiger partial charge is 0.318 e. The third kappa shape index (κ3) is 2.60. The fourth-order valence-electron chi connectivity index (χ4n) is 2.15. The van der Waals surface area contributed by atoms with Crippen molar-refractivity contribution in [3.05, 3.63) is 52.9 Å². The molecule has 106 valence electrons. The summed E-state index contributed by atoms with van der Waals surface area (Å²) in [6, 6.07) is 9.02. The summed E-state index contributed by atoms with van der Waals surface area (Å²) in [4.78, 5) is 16.6. The molecular formula is C15H13ClN4O. The summed E-state index contributed by atoms with van der Waals surface area (Å²) < 4.78 is 1.65. The van der Waals surface area contributed by atoms with E-state index in [0.717, 1.165) is 11.1 Å². The van der Waals surface area contributed by atoms with Crippen LogP contribution in [0.15, 0.2) is 36.5 Å². The quantitative estimate of drug-likeness (QED) is 0.790. The van der Waals surface area contributed by atoms with E-state index < -0.39 is 0 Å². The lowest BCUT2D eigenvalue weighted by Gasteiger charge is -2.05. The first-order valence-corrected chi connectivity index (χ1v) is 6.79. The van der Waals surface area contributed by atoms with Crippen LogP contribution in [0.5, 0.6) is 0 Å². The molecule has 1 N–H and O–H groups in total. The number of anilines is 1. The standard InChI is InChI=1S/C15H13ClN4O/c1-9-13(8-20(2)19-9)18-15(21)12-7-6-10-4-3-5-11(16)14(10)17-12/h3-8H,1-2H3,(H,18,21). The number of carbonyl (C=O) groups is 1. The molecule has 0 aliphatic heterocycles. The van der Waals surface area contributed by atoms with Crippen molar-refractivity contribution in [3.8, 4) is 0 Å². The number of hydrogen-bond donors (Lipinski definition) is 1. The van der Waals surface area contributed by atoms with E-state index in [1.807, 2.05) is 25.1 Å². The molecule has 0 radical (unpaired) electrons. The number of nitrogens with zero attached hydrogens (tertiary/aromatic N) is 3. The Morgan fingerprint density at radius 2 is 2.10 bits per heavy atom. The molecule has 0 saturated carbocycles. The van der Waals surface area contributed by atoms with E-state index in [0.29, 0.717) is 21.9 Å². The number of aryl methyl sites for hydroxylation is 2. The molecule has 0 aliphatic rings. The van der Waals surface area contributed by atoms with Crippen molar-refractivity contribution < 1.29 is 4.79 Å². The Morgan fingerprint density at radius 1 is 1.29 bits per heavy atom. The van der Waals surface area contributed by atoms with Crippen molar-refractivity contribution in [3.63, 3.8) is 0 Å². The number of fused-ring (bicyclic) bond motifs is 1. The second-order valence-electron chi connectivity index (χ2n) is 4.76. The number of hydrogen-bond acceptors (Lipinski definition) is 3. The number of pyridine rings is 1. The van der Waals surface area contributed by atoms with Gasteiger partial charge in [0.25, 0.3) is 5.91 Å². The first-order chi connectivity index (χ1) is 10.0. The van der Waals surface area contributed by atoms with Crippen LogP contribution in [0.1, 0.15) is 16.2 Å². The summed E-state index contributed by atoms with van der Waals surface area (Å²) in [7, 11) is 1.80. The third-order valence-electron chi connectivity index (χ3n) is 3.17. The van der Waals surface area contributed by atoms with Crippen LogP contribution in [0.2, 0.25) is 5.02 Å². The van der Waals surface area contributed by atoms with Crippen LogP contribution >= 0.6 is 11.6 Å². The SMILES string of the molecule is Cc1nn(C)cc1NC(=O)c1ccc2cccc(Cl)c2n1. The van der Waals surface area contributed by atoms with Crippen LogP contribution in [-0.4, -0.2) is 20.7 Å². The maximum absolute atomic E-state index is 12.3. The van der Waals surface area contributed by atoms with E-state index >= 15 is 0 Å². The second-order valence-corrected chi connectivity index (χ2v) is 5.17. The van der Waals surface area contributed by atoms with Crippen molar-refractivity contribution in [2.75, 3.05) is 5.32 Å². The molecule has 3 rings (SSSR count). The first kappa shape index (κ1) is 13.6. The fraction of sp³-hybridized carbons (Fsp3) is 0.133. The topological polar surface area (TPSA) is 59.8 Å². The number of rotatable bonds is 2. The number of para-hydroxylation sites is 1. The van der Waals surface area contributed by atoms with Gasteiger partial charge >= 0.3 is 0 Å². The summed E-state index contributed by atoms with van der Waals surface area (Å²) in [6.07, 6.45) is 1.75. The zero-order chi connectivity index (χ0) is 15.0. The number of halogens is 1. The normalized spacial score (nSPS) is 10.8. The van der Waals surface area contributed by atoms with Crippen molar-refractivity contribution in [2.24, 2.45) is 7.05 Å². The van der Waals surface area contributed by atoms with Gasteiger partial charge in [0.15, 0.2) is 0 Å². The van der Waals surface area contributed by atoms with Crippen LogP contribution in [-0.2, 0) is 7.05 Å². The Bertz CT molecular complexity index is 841. The molecule has 1 aromatic carbocycles. The number of benzene rings is 1. The van der Waals surface area contributed by atoms with Crippen LogP contribution in [0.25, 0.3) is 10.9 Å². The van der Waals surface area contributed by atoms with Crippen LogP contribution in [0, 0.1) is 6.92 Å². The number of amides is 1. The van der Waals surface area contributed by atoms with Gasteiger partial charge in [0.1, 0.15) is 5.69 Å². The summed E-state index contributed by atoms with van der Waals surface area (Å²) in [5.74, 6) is -0.284. The van der Waals surface area contributed by atoms with E-state index in [1.54, 1.807) is 30.1 Å². The average Bonchev–Trinajstić information content (AvgIpc) is 2.77. The molecule has 2 aromatic heterocycles. The molecule has 3 aromatic rings. The lowest BCUT2D eigenvalue weighted by atomic mass is 10.2. The summed E-state index contributed by atoms with van der Waals surface area (Å²) >= 11 is 6.11. The molecular weight excluding hydrogens is 288 g/mol. The smallest absolute Gasteiger partial charge is 0.274 e. The van der Waals surface area contributed by atoms with Gasteiger partial charge in [-0.25, -0.2) is 4.98 Å². The Balaban J connectivity index is 1.94. The van der Waals surface area contributed by atoms with Crippen molar-refractivity contribution >= 4 is 34.1 Å². The highest BCUT2D eigenvalue weighted by Crippen LogP contribution is 2.22. The second kappa shape index (κ2) is 5.18. The molecule has 0 atom stereocenters. The van der Waals surface area contributed by atoms with Gasteiger partial charge in [-0.2, -0.15) is 5.10 Å². The zero-order valence-electron chi connectivity index (χ0n) is 11.6. The summed E-state index contributed by atoms with van der Waals surface area (Å²) in [5, 5.41) is 8.41. The Morgan fingerprint density at radius 3 is 2.81 bits per heavy atom. The summed E-state index contributed by atoms with van der Waals surface area (Å²) in [6.45, 7) is 1.83. The molecule has 1 amide bonds. The number of nitrogens with one attached hydrogen (secondary N) is 1. The van der Waals surface area contributed by atoms with Crippen molar-refractivity contribution in [1.29, 1.82) is 0 Å². The zero-order valence-corrected chi connectivity index (χ0v) is 12.3. The third-order valence-corrected chi connectivity index (χ3v) is 3.47. The van der Waals surface area contributed by atoms with Crippen LogP contribution in [0.3, 0.4) is 0 Å². The molecule has 0 bridgehead atoms. The van der Waals surface area contributed by atoms with Gasteiger partial charge in [-0.3, -0.25) is 9.48 Å². The highest BCUT2D eigenvalue weighted by atomic mass is 35.5. The molecule has 0 spiro atoms. The average molecular weight is 301 g/mol. The highest BCUT2D eigenvalue weighted by Gasteiger charge is 2.12.